The Morgan fingerprint density at radius 2 is 1.78 bits per heavy atom. The molecule has 1 heterocycles. The Bertz CT molecular complexity index is 894. The second-order valence-corrected chi connectivity index (χ2v) is 5.78. The molecule has 0 bridgehead atoms. The lowest BCUT2D eigenvalue weighted by atomic mass is 10.1. The summed E-state index contributed by atoms with van der Waals surface area (Å²) < 4.78 is 2.01. The van der Waals surface area contributed by atoms with E-state index in [4.69, 9.17) is 16.7 Å². The van der Waals surface area contributed by atoms with Gasteiger partial charge in [0, 0.05) is 23.1 Å². The van der Waals surface area contributed by atoms with Crippen LogP contribution in [0.4, 0.5) is 0 Å². The van der Waals surface area contributed by atoms with E-state index >= 15 is 0 Å². The second-order valence-electron chi connectivity index (χ2n) is 5.43. The molecule has 0 fully saturated rings. The van der Waals surface area contributed by atoms with Crippen LogP contribution < -0.4 is 0 Å². The van der Waals surface area contributed by atoms with Crippen molar-refractivity contribution in [3.05, 3.63) is 76.5 Å². The summed E-state index contributed by atoms with van der Waals surface area (Å²) in [7, 11) is 0. The van der Waals surface area contributed by atoms with Crippen LogP contribution in [-0.4, -0.2) is 15.6 Å². The lowest BCUT2D eigenvalue weighted by Gasteiger charge is -2.07. The predicted molar refractivity (Wildman–Crippen MR) is 93.8 cm³/mol. The summed E-state index contributed by atoms with van der Waals surface area (Å²) >= 11 is 6.58. The molecule has 0 spiro atoms. The topological polar surface area (TPSA) is 42.2 Å². The van der Waals surface area contributed by atoms with Crippen molar-refractivity contribution in [3.8, 4) is 0 Å². The smallest absolute Gasteiger partial charge is 0.331 e. The summed E-state index contributed by atoms with van der Waals surface area (Å²) in [5.41, 5.74) is 3.14. The fourth-order valence-electron chi connectivity index (χ4n) is 2.64. The van der Waals surface area contributed by atoms with Gasteiger partial charge in [-0.2, -0.15) is 0 Å². The molecule has 0 unspecified atom stereocenters. The van der Waals surface area contributed by atoms with E-state index in [9.17, 15) is 4.79 Å². The maximum atomic E-state index is 11.1. The average molecular weight is 326 g/mol. The Kier molecular flexibility index (Phi) is 4.22. The van der Waals surface area contributed by atoms with Gasteiger partial charge in [-0.3, -0.25) is 0 Å². The molecule has 4 heteroatoms. The number of hydrogen-bond donors (Lipinski definition) is 1. The van der Waals surface area contributed by atoms with Crippen molar-refractivity contribution < 1.29 is 9.90 Å². The third kappa shape index (κ3) is 3.01. The van der Waals surface area contributed by atoms with Gasteiger partial charge < -0.3 is 9.67 Å². The fraction of sp³-hybridized carbons (Fsp3) is 0.105. The van der Waals surface area contributed by atoms with Gasteiger partial charge in [-0.05, 0) is 24.6 Å². The Hall–Kier alpha value is -2.52. The van der Waals surface area contributed by atoms with E-state index in [1.54, 1.807) is 13.0 Å². The molecule has 116 valence electrons. The second kappa shape index (κ2) is 6.31. The van der Waals surface area contributed by atoms with Gasteiger partial charge in [-0.1, -0.05) is 60.1 Å². The lowest BCUT2D eigenvalue weighted by Crippen LogP contribution is -1.99. The minimum Gasteiger partial charge on any atom is -0.478 e. The summed E-state index contributed by atoms with van der Waals surface area (Å²) in [6, 6.07) is 17.9. The van der Waals surface area contributed by atoms with Crippen LogP contribution in [0.25, 0.3) is 17.0 Å². The first-order chi connectivity index (χ1) is 11.1. The molecule has 2 aromatic carbocycles. The lowest BCUT2D eigenvalue weighted by molar-refractivity contribution is -0.132. The SMILES string of the molecule is C/C(=C\c1c(Cl)n(Cc2ccccc2)c2ccccc12)C(=O)O. The number of carboxylic acids is 1. The van der Waals surface area contributed by atoms with Crippen molar-refractivity contribution in [1.82, 2.24) is 4.57 Å². The largest absolute Gasteiger partial charge is 0.478 e. The molecule has 0 saturated carbocycles. The normalized spacial score (nSPS) is 11.8. The van der Waals surface area contributed by atoms with Gasteiger partial charge in [-0.15, -0.1) is 0 Å². The standard InChI is InChI=1S/C19H16ClNO2/c1-13(19(22)23)11-16-15-9-5-6-10-17(15)21(18(16)20)12-14-7-3-2-4-8-14/h2-11H,12H2,1H3,(H,22,23)/b13-11+. The maximum Gasteiger partial charge on any atom is 0.331 e. The highest BCUT2D eigenvalue weighted by molar-refractivity contribution is 6.33. The Balaban J connectivity index is 2.17. The van der Waals surface area contributed by atoms with Crippen LogP contribution in [-0.2, 0) is 11.3 Å². The highest BCUT2D eigenvalue weighted by Crippen LogP contribution is 2.32. The van der Waals surface area contributed by atoms with Gasteiger partial charge >= 0.3 is 5.97 Å². The van der Waals surface area contributed by atoms with E-state index in [0.717, 1.165) is 22.0 Å². The molecule has 0 amide bonds. The molecule has 0 aliphatic carbocycles. The molecule has 3 aromatic rings. The number of nitrogens with zero attached hydrogens (tertiary/aromatic N) is 1. The number of hydrogen-bond acceptors (Lipinski definition) is 1. The van der Waals surface area contributed by atoms with Crippen molar-refractivity contribution in [2.45, 2.75) is 13.5 Å². The van der Waals surface area contributed by atoms with Gasteiger partial charge in [0.25, 0.3) is 0 Å². The van der Waals surface area contributed by atoms with E-state index in [1.807, 2.05) is 59.2 Å². The van der Waals surface area contributed by atoms with E-state index in [2.05, 4.69) is 0 Å². The van der Waals surface area contributed by atoms with Crippen LogP contribution in [0.15, 0.2) is 60.2 Å². The zero-order valence-electron chi connectivity index (χ0n) is 12.7. The molecule has 3 rings (SSSR count). The number of carbonyl (C=O) groups is 1. The molecule has 23 heavy (non-hydrogen) atoms. The van der Waals surface area contributed by atoms with Crippen molar-refractivity contribution in [2.24, 2.45) is 0 Å². The van der Waals surface area contributed by atoms with Crippen LogP contribution in [0.2, 0.25) is 5.15 Å². The van der Waals surface area contributed by atoms with Gasteiger partial charge in [0.15, 0.2) is 0 Å². The van der Waals surface area contributed by atoms with Crippen molar-refractivity contribution in [2.75, 3.05) is 0 Å². The number of carboxylic acid groups (broad SMARTS) is 1. The molecular weight excluding hydrogens is 310 g/mol. The van der Waals surface area contributed by atoms with E-state index in [-0.39, 0.29) is 5.57 Å². The Morgan fingerprint density at radius 1 is 1.13 bits per heavy atom. The van der Waals surface area contributed by atoms with Gasteiger partial charge in [0.1, 0.15) is 5.15 Å². The quantitative estimate of drug-likeness (QED) is 0.698. The number of fused-ring (bicyclic) bond motifs is 1. The zero-order valence-corrected chi connectivity index (χ0v) is 13.4. The number of aromatic nitrogens is 1. The number of aliphatic carboxylic acids is 1. The van der Waals surface area contributed by atoms with E-state index in [1.165, 1.54) is 0 Å². The van der Waals surface area contributed by atoms with Crippen molar-refractivity contribution in [1.29, 1.82) is 0 Å². The van der Waals surface area contributed by atoms with E-state index < -0.39 is 5.97 Å². The molecule has 1 aromatic heterocycles. The minimum absolute atomic E-state index is 0.259. The highest BCUT2D eigenvalue weighted by Gasteiger charge is 2.15. The predicted octanol–water partition coefficient (Wildman–Crippen LogP) is 4.83. The molecule has 1 N–H and O–H groups in total. The summed E-state index contributed by atoms with van der Waals surface area (Å²) in [5, 5.41) is 10.6. The van der Waals surface area contributed by atoms with Crippen LogP contribution >= 0.6 is 11.6 Å². The van der Waals surface area contributed by atoms with Crippen LogP contribution in [0.3, 0.4) is 0 Å². The maximum absolute atomic E-state index is 11.1. The van der Waals surface area contributed by atoms with Crippen LogP contribution in [0.5, 0.6) is 0 Å². The third-order valence-corrected chi connectivity index (χ3v) is 4.23. The highest BCUT2D eigenvalue weighted by atomic mass is 35.5. The van der Waals surface area contributed by atoms with Crippen LogP contribution in [0, 0.1) is 0 Å². The van der Waals surface area contributed by atoms with Gasteiger partial charge in [0.05, 0.1) is 5.52 Å². The van der Waals surface area contributed by atoms with Crippen LogP contribution in [0.1, 0.15) is 18.1 Å². The summed E-state index contributed by atoms with van der Waals surface area (Å²) in [5.74, 6) is -0.944. The fourth-order valence-corrected chi connectivity index (χ4v) is 2.94. The Labute approximate surface area is 139 Å². The van der Waals surface area contributed by atoms with E-state index in [0.29, 0.717) is 11.7 Å². The third-order valence-electron chi connectivity index (χ3n) is 3.83. The molecule has 0 atom stereocenters. The number of rotatable bonds is 4. The molecule has 0 saturated heterocycles. The first-order valence-corrected chi connectivity index (χ1v) is 7.68. The van der Waals surface area contributed by atoms with Gasteiger partial charge in [-0.25, -0.2) is 4.79 Å². The van der Waals surface area contributed by atoms with Gasteiger partial charge in [0.2, 0.25) is 0 Å². The summed E-state index contributed by atoms with van der Waals surface area (Å²) in [4.78, 5) is 11.1. The molecular formula is C19H16ClNO2. The molecule has 0 radical (unpaired) electrons. The Morgan fingerprint density at radius 3 is 2.48 bits per heavy atom. The first-order valence-electron chi connectivity index (χ1n) is 7.30. The van der Waals surface area contributed by atoms with Crippen molar-refractivity contribution in [3.63, 3.8) is 0 Å². The summed E-state index contributed by atoms with van der Waals surface area (Å²) in [6.45, 7) is 2.21. The molecule has 0 aliphatic rings. The first kappa shape index (κ1) is 15.4. The number of halogens is 1. The average Bonchev–Trinajstić information content (AvgIpc) is 2.82. The number of para-hydroxylation sites is 1. The zero-order chi connectivity index (χ0) is 16.4. The number of benzene rings is 2. The summed E-state index contributed by atoms with van der Waals surface area (Å²) in [6.07, 6.45) is 1.63. The minimum atomic E-state index is -0.944. The van der Waals surface area contributed by atoms with Crippen molar-refractivity contribution >= 4 is 34.5 Å². The molecule has 3 nitrogen and oxygen atoms in total. The monoisotopic (exact) mass is 325 g/mol. The molecule has 0 aliphatic heterocycles.